The van der Waals surface area contributed by atoms with E-state index in [2.05, 4.69) is 50.2 Å². The van der Waals surface area contributed by atoms with Crippen LogP contribution in [-0.4, -0.2) is 37.3 Å². The molecule has 1 aromatic heterocycles. The predicted molar refractivity (Wildman–Crippen MR) is 78.6 cm³/mol. The number of hydrogen-bond donors (Lipinski definition) is 1. The van der Waals surface area contributed by atoms with E-state index in [1.807, 2.05) is 0 Å². The van der Waals surface area contributed by atoms with Crippen LogP contribution in [0.4, 0.5) is 5.82 Å². The van der Waals surface area contributed by atoms with Gasteiger partial charge in [0.15, 0.2) is 0 Å². The summed E-state index contributed by atoms with van der Waals surface area (Å²) in [6, 6.07) is 5.26. The Hall–Kier alpha value is -1.13. The van der Waals surface area contributed by atoms with Crippen LogP contribution in [0.5, 0.6) is 0 Å². The number of anilines is 1. The molecule has 1 saturated heterocycles. The second kappa shape index (κ2) is 6.35. The molecule has 1 N–H and O–H groups in total. The first-order chi connectivity index (χ1) is 9.08. The van der Waals surface area contributed by atoms with E-state index in [0.717, 1.165) is 37.7 Å². The molecule has 1 aromatic rings. The summed E-state index contributed by atoms with van der Waals surface area (Å²) in [6.07, 6.45) is 1.09. The van der Waals surface area contributed by atoms with Gasteiger partial charge in [0.2, 0.25) is 0 Å². The van der Waals surface area contributed by atoms with Crippen LogP contribution < -0.4 is 10.2 Å². The van der Waals surface area contributed by atoms with Gasteiger partial charge in [-0.3, -0.25) is 0 Å². The number of aryl methyl sites for hydroxylation is 1. The molecule has 1 aliphatic heterocycles. The Morgan fingerprint density at radius 1 is 1.47 bits per heavy atom. The zero-order valence-corrected chi connectivity index (χ0v) is 12.4. The third kappa shape index (κ3) is 3.67. The number of rotatable bonds is 5. The van der Waals surface area contributed by atoms with Crippen LogP contribution in [0.1, 0.15) is 31.5 Å². The lowest BCUT2D eigenvalue weighted by atomic mass is 10.1. The van der Waals surface area contributed by atoms with Crippen molar-refractivity contribution in [3.63, 3.8) is 0 Å². The van der Waals surface area contributed by atoms with E-state index in [-0.39, 0.29) is 0 Å². The van der Waals surface area contributed by atoms with Crippen LogP contribution in [0, 0.1) is 6.92 Å². The molecule has 0 aliphatic carbocycles. The van der Waals surface area contributed by atoms with Crippen LogP contribution >= 0.6 is 0 Å². The largest absolute Gasteiger partial charge is 0.379 e. The summed E-state index contributed by atoms with van der Waals surface area (Å²) in [5.74, 6) is 1.04. The van der Waals surface area contributed by atoms with Crippen LogP contribution in [0.15, 0.2) is 12.1 Å². The molecule has 0 aromatic carbocycles. The number of pyridine rings is 1. The van der Waals surface area contributed by atoms with Crippen molar-refractivity contribution < 1.29 is 4.74 Å². The van der Waals surface area contributed by atoms with Crippen molar-refractivity contribution in [2.75, 3.05) is 25.2 Å². The van der Waals surface area contributed by atoms with E-state index in [0.29, 0.717) is 12.1 Å². The van der Waals surface area contributed by atoms with Crippen LogP contribution in [0.3, 0.4) is 0 Å². The molecule has 0 saturated carbocycles. The van der Waals surface area contributed by atoms with Gasteiger partial charge in [0, 0.05) is 31.9 Å². The van der Waals surface area contributed by atoms with Gasteiger partial charge >= 0.3 is 0 Å². The molecule has 106 valence electrons. The quantitative estimate of drug-likeness (QED) is 0.883. The van der Waals surface area contributed by atoms with Gasteiger partial charge in [0.1, 0.15) is 5.82 Å². The van der Waals surface area contributed by atoms with Crippen LogP contribution in [-0.2, 0) is 11.3 Å². The Morgan fingerprint density at radius 3 is 2.84 bits per heavy atom. The summed E-state index contributed by atoms with van der Waals surface area (Å²) >= 11 is 0. The van der Waals surface area contributed by atoms with Gasteiger partial charge in [-0.1, -0.05) is 19.9 Å². The maximum atomic E-state index is 5.44. The minimum Gasteiger partial charge on any atom is -0.379 e. The Bertz CT molecular complexity index is 414. The third-order valence-corrected chi connectivity index (χ3v) is 3.70. The minimum absolute atomic E-state index is 0.464. The van der Waals surface area contributed by atoms with Gasteiger partial charge in [-0.25, -0.2) is 4.98 Å². The fraction of sp³-hybridized carbons (Fsp3) is 0.667. The number of hydrogen-bond acceptors (Lipinski definition) is 4. The standard InChI is InChI=1S/C15H25N3O/c1-11(2)16-9-13-5-6-15(17-12(13)3)18(4)14-7-8-19-10-14/h5-6,11,14,16H,7-10H2,1-4H3. The fourth-order valence-electron chi connectivity index (χ4n) is 2.29. The minimum atomic E-state index is 0.464. The molecule has 2 rings (SSSR count). The summed E-state index contributed by atoms with van der Waals surface area (Å²) in [5, 5.41) is 3.43. The van der Waals surface area contributed by atoms with Gasteiger partial charge in [-0.2, -0.15) is 0 Å². The molecule has 1 aliphatic rings. The molecular formula is C15H25N3O. The van der Waals surface area contributed by atoms with Gasteiger partial charge in [-0.05, 0) is 25.0 Å². The number of ether oxygens (including phenoxy) is 1. The van der Waals surface area contributed by atoms with E-state index in [9.17, 15) is 0 Å². The second-order valence-corrected chi connectivity index (χ2v) is 5.58. The van der Waals surface area contributed by atoms with Crippen molar-refractivity contribution in [3.8, 4) is 0 Å². The zero-order valence-electron chi connectivity index (χ0n) is 12.4. The van der Waals surface area contributed by atoms with Crippen molar-refractivity contribution in [1.82, 2.24) is 10.3 Å². The smallest absolute Gasteiger partial charge is 0.128 e. The van der Waals surface area contributed by atoms with Gasteiger partial charge in [-0.15, -0.1) is 0 Å². The Balaban J connectivity index is 2.05. The van der Waals surface area contributed by atoms with Gasteiger partial charge in [0.25, 0.3) is 0 Å². The van der Waals surface area contributed by atoms with Gasteiger partial charge in [0.05, 0.1) is 12.6 Å². The monoisotopic (exact) mass is 263 g/mol. The molecule has 2 heterocycles. The fourth-order valence-corrected chi connectivity index (χ4v) is 2.29. The van der Waals surface area contributed by atoms with Crippen molar-refractivity contribution in [3.05, 3.63) is 23.4 Å². The highest BCUT2D eigenvalue weighted by Crippen LogP contribution is 2.19. The summed E-state index contributed by atoms with van der Waals surface area (Å²) in [7, 11) is 2.10. The van der Waals surface area contributed by atoms with E-state index in [1.54, 1.807) is 0 Å². The Morgan fingerprint density at radius 2 is 2.26 bits per heavy atom. The molecule has 0 amide bonds. The highest BCUT2D eigenvalue weighted by molar-refractivity contribution is 5.42. The maximum absolute atomic E-state index is 5.44. The summed E-state index contributed by atoms with van der Waals surface area (Å²) < 4.78 is 5.44. The van der Waals surface area contributed by atoms with E-state index in [4.69, 9.17) is 9.72 Å². The van der Waals surface area contributed by atoms with Gasteiger partial charge < -0.3 is 15.0 Å². The Labute approximate surface area is 116 Å². The van der Waals surface area contributed by atoms with Crippen molar-refractivity contribution in [2.45, 2.75) is 45.8 Å². The first-order valence-electron chi connectivity index (χ1n) is 7.08. The van der Waals surface area contributed by atoms with Crippen LogP contribution in [0.2, 0.25) is 0 Å². The average Bonchev–Trinajstić information content (AvgIpc) is 2.90. The summed E-state index contributed by atoms with van der Waals surface area (Å²) in [6.45, 7) is 8.96. The highest BCUT2D eigenvalue weighted by Gasteiger charge is 2.21. The first kappa shape index (κ1) is 14.3. The van der Waals surface area contributed by atoms with Crippen molar-refractivity contribution in [2.24, 2.45) is 0 Å². The van der Waals surface area contributed by atoms with Crippen LogP contribution in [0.25, 0.3) is 0 Å². The maximum Gasteiger partial charge on any atom is 0.128 e. The van der Waals surface area contributed by atoms with E-state index >= 15 is 0 Å². The molecule has 19 heavy (non-hydrogen) atoms. The van der Waals surface area contributed by atoms with E-state index < -0.39 is 0 Å². The third-order valence-electron chi connectivity index (χ3n) is 3.70. The molecule has 0 bridgehead atoms. The van der Waals surface area contributed by atoms with E-state index in [1.165, 1.54) is 5.56 Å². The summed E-state index contributed by atoms with van der Waals surface area (Å²) in [5.41, 5.74) is 2.38. The number of aromatic nitrogens is 1. The average molecular weight is 263 g/mol. The van der Waals surface area contributed by atoms with Crippen molar-refractivity contribution in [1.29, 1.82) is 0 Å². The lowest BCUT2D eigenvalue weighted by Gasteiger charge is -2.25. The summed E-state index contributed by atoms with van der Waals surface area (Å²) in [4.78, 5) is 6.96. The second-order valence-electron chi connectivity index (χ2n) is 5.58. The number of nitrogens with zero attached hydrogens (tertiary/aromatic N) is 2. The first-order valence-corrected chi connectivity index (χ1v) is 7.08. The molecule has 1 fully saturated rings. The normalized spacial score (nSPS) is 19.1. The lowest BCUT2D eigenvalue weighted by molar-refractivity contribution is 0.193. The molecule has 0 spiro atoms. The topological polar surface area (TPSA) is 37.4 Å². The zero-order chi connectivity index (χ0) is 13.8. The number of nitrogens with one attached hydrogen (secondary N) is 1. The molecule has 1 unspecified atom stereocenters. The molecule has 1 atom stereocenters. The predicted octanol–water partition coefficient (Wildman–Crippen LogP) is 2.11. The SMILES string of the molecule is Cc1nc(N(C)C2CCOC2)ccc1CNC(C)C. The molecule has 0 radical (unpaired) electrons. The number of likely N-dealkylation sites (N-methyl/N-ethyl adjacent to an activating group) is 1. The molecule has 4 nitrogen and oxygen atoms in total. The molecule has 4 heteroatoms. The Kier molecular flexibility index (Phi) is 4.77. The van der Waals surface area contributed by atoms with Crippen molar-refractivity contribution >= 4 is 5.82 Å². The highest BCUT2D eigenvalue weighted by atomic mass is 16.5. The lowest BCUT2D eigenvalue weighted by Crippen LogP contribution is -2.32. The molecular weight excluding hydrogens is 238 g/mol.